The van der Waals surface area contributed by atoms with Gasteiger partial charge in [-0.2, -0.15) is 0 Å². The minimum Gasteiger partial charge on any atom is -0.345 e. The first kappa shape index (κ1) is 24.0. The van der Waals surface area contributed by atoms with Crippen molar-refractivity contribution in [3.8, 4) is 0 Å². The van der Waals surface area contributed by atoms with E-state index >= 15 is 0 Å². The van der Waals surface area contributed by atoms with Crippen molar-refractivity contribution in [2.24, 2.45) is 5.92 Å². The van der Waals surface area contributed by atoms with Crippen LogP contribution in [-0.2, 0) is 11.3 Å². The van der Waals surface area contributed by atoms with Crippen molar-refractivity contribution in [3.63, 3.8) is 0 Å². The number of nitrogens with zero attached hydrogens (tertiary/aromatic N) is 1. The van der Waals surface area contributed by atoms with Gasteiger partial charge in [-0.15, -0.1) is 11.3 Å². The lowest BCUT2D eigenvalue weighted by molar-refractivity contribution is -0.122. The number of likely N-dealkylation sites (tertiary alicyclic amines) is 1. The van der Waals surface area contributed by atoms with Crippen LogP contribution < -0.4 is 5.32 Å². The van der Waals surface area contributed by atoms with E-state index in [4.69, 9.17) is 11.6 Å². The molecule has 0 aliphatic carbocycles. The minimum absolute atomic E-state index is 0.0166. The zero-order valence-corrected chi connectivity index (χ0v) is 21.0. The molecule has 0 radical (unpaired) electrons. The number of fused-ring (bicyclic) bond motifs is 1. The van der Waals surface area contributed by atoms with Gasteiger partial charge < -0.3 is 5.32 Å². The fourth-order valence-corrected chi connectivity index (χ4v) is 6.26. The van der Waals surface area contributed by atoms with Gasteiger partial charge in [-0.1, -0.05) is 60.1 Å². The molecule has 1 aliphatic heterocycles. The smallest absolute Gasteiger partial charge is 0.221 e. The summed E-state index contributed by atoms with van der Waals surface area (Å²) in [4.78, 5) is 16.8. The van der Waals surface area contributed by atoms with E-state index in [2.05, 4.69) is 22.3 Å². The third-order valence-corrected chi connectivity index (χ3v) is 8.03. The van der Waals surface area contributed by atoms with Gasteiger partial charge in [-0.05, 0) is 78.7 Å². The molecule has 1 atom stereocenters. The lowest BCUT2D eigenvalue weighted by Crippen LogP contribution is -2.36. The van der Waals surface area contributed by atoms with Gasteiger partial charge in [-0.3, -0.25) is 9.69 Å². The molecule has 1 saturated heterocycles. The van der Waals surface area contributed by atoms with Crippen LogP contribution in [-0.4, -0.2) is 23.9 Å². The molecule has 35 heavy (non-hydrogen) atoms. The van der Waals surface area contributed by atoms with Crippen molar-refractivity contribution < 1.29 is 9.18 Å². The number of carbonyl (C=O) groups excluding carboxylic acids is 1. The summed E-state index contributed by atoms with van der Waals surface area (Å²) < 4.78 is 15.1. The normalized spacial score (nSPS) is 15.8. The molecule has 1 aliphatic rings. The van der Waals surface area contributed by atoms with E-state index in [1.54, 1.807) is 17.4 Å². The number of benzene rings is 3. The second kappa shape index (κ2) is 10.9. The maximum absolute atomic E-state index is 13.9. The molecular formula is C29H28ClFN2OS. The van der Waals surface area contributed by atoms with Gasteiger partial charge >= 0.3 is 0 Å². The van der Waals surface area contributed by atoms with Gasteiger partial charge in [0.1, 0.15) is 5.82 Å². The zero-order valence-electron chi connectivity index (χ0n) is 19.4. The van der Waals surface area contributed by atoms with E-state index in [0.29, 0.717) is 12.3 Å². The van der Waals surface area contributed by atoms with Crippen LogP contribution in [0.1, 0.15) is 41.3 Å². The number of hydrogen-bond acceptors (Lipinski definition) is 3. The van der Waals surface area contributed by atoms with Crippen LogP contribution in [0.5, 0.6) is 0 Å². The molecule has 3 nitrogen and oxygen atoms in total. The van der Waals surface area contributed by atoms with Gasteiger partial charge in [-0.25, -0.2) is 4.39 Å². The zero-order chi connectivity index (χ0) is 24.2. The first-order valence-corrected chi connectivity index (χ1v) is 13.2. The number of amides is 1. The lowest BCUT2D eigenvalue weighted by atomic mass is 9.92. The van der Waals surface area contributed by atoms with Crippen molar-refractivity contribution in [3.05, 3.63) is 106 Å². The fourth-order valence-electron chi connectivity index (χ4n) is 4.88. The number of carbonyl (C=O) groups is 1. The first-order valence-electron chi connectivity index (χ1n) is 12.0. The standard InChI is InChI=1S/C29H28ClFN2OS/c30-24-10-9-22-17-26(35-27(22)18-24)19-33-13-11-20(12-14-33)15-28(34)32-29(21-5-2-1-3-6-21)23-7-4-8-25(31)16-23/h1-10,16-18,20,29H,11-15,19H2,(H,32,34). The molecular weight excluding hydrogens is 479 g/mol. The molecule has 180 valence electrons. The van der Waals surface area contributed by atoms with Gasteiger partial charge in [0.25, 0.3) is 0 Å². The third-order valence-electron chi connectivity index (χ3n) is 6.71. The summed E-state index contributed by atoms with van der Waals surface area (Å²) in [6, 6.07) is 24.2. The number of hydrogen-bond donors (Lipinski definition) is 1. The molecule has 0 bridgehead atoms. The number of nitrogens with one attached hydrogen (secondary N) is 1. The maximum atomic E-state index is 13.9. The van der Waals surface area contributed by atoms with Crippen molar-refractivity contribution in [2.75, 3.05) is 13.1 Å². The molecule has 6 heteroatoms. The average Bonchev–Trinajstić information content (AvgIpc) is 3.25. The Labute approximate surface area is 214 Å². The highest BCUT2D eigenvalue weighted by molar-refractivity contribution is 7.19. The predicted molar refractivity (Wildman–Crippen MR) is 142 cm³/mol. The van der Waals surface area contributed by atoms with Crippen LogP contribution in [0.4, 0.5) is 4.39 Å². The molecule has 0 spiro atoms. The highest BCUT2D eigenvalue weighted by atomic mass is 35.5. The monoisotopic (exact) mass is 506 g/mol. The van der Waals surface area contributed by atoms with Gasteiger partial charge in [0.05, 0.1) is 6.04 Å². The minimum atomic E-state index is -0.360. The Morgan fingerprint density at radius 3 is 2.54 bits per heavy atom. The summed E-state index contributed by atoms with van der Waals surface area (Å²) in [5.41, 5.74) is 1.70. The van der Waals surface area contributed by atoms with E-state index in [-0.39, 0.29) is 17.8 Å². The fraction of sp³-hybridized carbons (Fsp3) is 0.276. The number of piperidine rings is 1. The van der Waals surface area contributed by atoms with Crippen molar-refractivity contribution in [1.82, 2.24) is 10.2 Å². The molecule has 1 aromatic heterocycles. The van der Waals surface area contributed by atoms with Crippen molar-refractivity contribution in [1.29, 1.82) is 0 Å². The van der Waals surface area contributed by atoms with Crippen LogP contribution in [0.3, 0.4) is 0 Å². The Kier molecular flexibility index (Phi) is 7.47. The number of rotatable bonds is 7. The van der Waals surface area contributed by atoms with Crippen LogP contribution in [0, 0.1) is 11.7 Å². The van der Waals surface area contributed by atoms with Crippen molar-refractivity contribution in [2.45, 2.75) is 31.8 Å². The molecule has 3 aromatic carbocycles. The first-order chi connectivity index (χ1) is 17.0. The van der Waals surface area contributed by atoms with E-state index in [1.165, 1.54) is 27.1 Å². The summed E-state index contributed by atoms with van der Waals surface area (Å²) >= 11 is 7.94. The summed E-state index contributed by atoms with van der Waals surface area (Å²) in [7, 11) is 0. The second-order valence-corrected chi connectivity index (χ2v) is 10.9. The third kappa shape index (κ3) is 6.10. The SMILES string of the molecule is O=C(CC1CCN(Cc2cc3ccc(Cl)cc3s2)CC1)NC(c1ccccc1)c1cccc(F)c1. The van der Waals surface area contributed by atoms with Gasteiger partial charge in [0.2, 0.25) is 5.91 Å². The lowest BCUT2D eigenvalue weighted by Gasteiger charge is -2.31. The second-order valence-electron chi connectivity index (χ2n) is 9.28. The molecule has 0 saturated carbocycles. The van der Waals surface area contributed by atoms with E-state index < -0.39 is 0 Å². The van der Waals surface area contributed by atoms with E-state index in [9.17, 15) is 9.18 Å². The van der Waals surface area contributed by atoms with Gasteiger partial charge in [0, 0.05) is 27.6 Å². The summed E-state index contributed by atoms with van der Waals surface area (Å²) in [6.45, 7) is 2.91. The summed E-state index contributed by atoms with van der Waals surface area (Å²) in [6.07, 6.45) is 2.49. The topological polar surface area (TPSA) is 32.3 Å². The Balaban J connectivity index is 1.17. The molecule has 4 aromatic rings. The Morgan fingerprint density at radius 2 is 1.77 bits per heavy atom. The number of thiophene rings is 1. The van der Waals surface area contributed by atoms with Crippen molar-refractivity contribution >= 4 is 38.9 Å². The summed E-state index contributed by atoms with van der Waals surface area (Å²) in [5, 5.41) is 5.18. The maximum Gasteiger partial charge on any atom is 0.221 e. The molecule has 5 rings (SSSR count). The Morgan fingerprint density at radius 1 is 1.00 bits per heavy atom. The molecule has 1 unspecified atom stereocenters. The molecule has 1 fully saturated rings. The van der Waals surface area contributed by atoms with Crippen LogP contribution in [0.15, 0.2) is 78.9 Å². The molecule has 1 amide bonds. The Bertz CT molecular complexity index is 1300. The summed E-state index contributed by atoms with van der Waals surface area (Å²) in [5.74, 6) is 0.0751. The number of halogens is 2. The quantitative estimate of drug-likeness (QED) is 0.287. The highest BCUT2D eigenvalue weighted by Gasteiger charge is 2.24. The van der Waals surface area contributed by atoms with Crippen LogP contribution in [0.2, 0.25) is 5.02 Å². The predicted octanol–water partition coefficient (Wildman–Crippen LogP) is 7.20. The Hall–Kier alpha value is -2.73. The van der Waals surface area contributed by atoms with Gasteiger partial charge in [0.15, 0.2) is 0 Å². The van der Waals surface area contributed by atoms with Crippen LogP contribution in [0.25, 0.3) is 10.1 Å². The van der Waals surface area contributed by atoms with E-state index in [1.807, 2.05) is 48.5 Å². The highest BCUT2D eigenvalue weighted by Crippen LogP contribution is 2.31. The van der Waals surface area contributed by atoms with E-state index in [0.717, 1.165) is 48.6 Å². The van der Waals surface area contributed by atoms with Crippen LogP contribution >= 0.6 is 22.9 Å². The largest absolute Gasteiger partial charge is 0.345 e. The molecule has 2 heterocycles. The molecule has 1 N–H and O–H groups in total. The average molecular weight is 507 g/mol.